The van der Waals surface area contributed by atoms with Gasteiger partial charge in [0.15, 0.2) is 11.8 Å². The van der Waals surface area contributed by atoms with E-state index >= 15 is 0 Å². The van der Waals surface area contributed by atoms with Gasteiger partial charge in [-0.1, -0.05) is 0 Å². The Morgan fingerprint density at radius 2 is 2.00 bits per heavy atom. The van der Waals surface area contributed by atoms with Gasteiger partial charge in [-0.05, 0) is 23.4 Å². The standard InChI is InChI=1S/C11H15N9O/c1-6-17-18-19-20(6)8-3-7(4-9(5-8)21-2)15-11(14)16-10(12)13/h3-5H,1-2H3,(H6,12,13,14,15,16). The number of hydrogen-bond donors (Lipinski definition) is 3. The van der Waals surface area contributed by atoms with Crippen LogP contribution in [0, 0.1) is 6.92 Å². The summed E-state index contributed by atoms with van der Waals surface area (Å²) in [5.41, 5.74) is 17.3. The van der Waals surface area contributed by atoms with Gasteiger partial charge in [0.2, 0.25) is 5.96 Å². The molecule has 10 heteroatoms. The van der Waals surface area contributed by atoms with E-state index in [1.165, 1.54) is 4.68 Å². The van der Waals surface area contributed by atoms with Crippen molar-refractivity contribution in [2.24, 2.45) is 27.2 Å². The van der Waals surface area contributed by atoms with Crippen LogP contribution < -0.4 is 21.9 Å². The normalized spacial score (nSPS) is 11.2. The van der Waals surface area contributed by atoms with E-state index in [4.69, 9.17) is 21.9 Å². The molecule has 2 aromatic rings. The lowest BCUT2D eigenvalue weighted by molar-refractivity contribution is 0.414. The molecule has 0 spiro atoms. The van der Waals surface area contributed by atoms with E-state index < -0.39 is 0 Å². The molecular formula is C11H15N9O. The minimum Gasteiger partial charge on any atom is -0.497 e. The first-order chi connectivity index (χ1) is 9.99. The molecule has 0 aliphatic heterocycles. The summed E-state index contributed by atoms with van der Waals surface area (Å²) in [6.45, 7) is 1.77. The molecule has 0 atom stereocenters. The molecule has 6 N–H and O–H groups in total. The smallest absolute Gasteiger partial charge is 0.223 e. The first kappa shape index (κ1) is 14.2. The first-order valence-corrected chi connectivity index (χ1v) is 5.88. The zero-order chi connectivity index (χ0) is 15.4. The van der Waals surface area contributed by atoms with Gasteiger partial charge < -0.3 is 21.9 Å². The Balaban J connectivity index is 2.49. The molecule has 0 saturated heterocycles. The Bertz CT molecular complexity index is 699. The molecule has 0 unspecified atom stereocenters. The van der Waals surface area contributed by atoms with Gasteiger partial charge in [0, 0.05) is 12.1 Å². The maximum atomic E-state index is 5.61. The third-order valence-electron chi connectivity index (χ3n) is 2.47. The molecule has 0 fully saturated rings. The Kier molecular flexibility index (Phi) is 3.97. The second kappa shape index (κ2) is 5.86. The van der Waals surface area contributed by atoms with Gasteiger partial charge in [-0.25, -0.2) is 4.99 Å². The summed E-state index contributed by atoms with van der Waals surface area (Å²) in [6.07, 6.45) is 0. The van der Waals surface area contributed by atoms with Crippen LogP contribution in [0.5, 0.6) is 5.75 Å². The molecular weight excluding hydrogens is 274 g/mol. The molecule has 1 heterocycles. The van der Waals surface area contributed by atoms with Crippen LogP contribution in [0.15, 0.2) is 28.2 Å². The molecule has 0 amide bonds. The van der Waals surface area contributed by atoms with Crippen molar-refractivity contribution in [2.75, 3.05) is 7.11 Å². The van der Waals surface area contributed by atoms with Crippen LogP contribution >= 0.6 is 0 Å². The maximum Gasteiger partial charge on any atom is 0.223 e. The van der Waals surface area contributed by atoms with E-state index in [0.29, 0.717) is 22.9 Å². The van der Waals surface area contributed by atoms with Gasteiger partial charge >= 0.3 is 0 Å². The average Bonchev–Trinajstić information content (AvgIpc) is 2.83. The molecule has 1 aromatic carbocycles. The Morgan fingerprint density at radius 3 is 2.57 bits per heavy atom. The fraction of sp³-hybridized carbons (Fsp3) is 0.182. The van der Waals surface area contributed by atoms with Crippen LogP contribution in [0.25, 0.3) is 5.69 Å². The molecule has 110 valence electrons. The quantitative estimate of drug-likeness (QED) is 0.493. The highest BCUT2D eigenvalue weighted by atomic mass is 16.5. The summed E-state index contributed by atoms with van der Waals surface area (Å²) in [7, 11) is 1.54. The third-order valence-corrected chi connectivity index (χ3v) is 2.47. The van der Waals surface area contributed by atoms with Crippen LogP contribution in [0.4, 0.5) is 5.69 Å². The number of tetrazole rings is 1. The Labute approximate surface area is 120 Å². The minimum absolute atomic E-state index is 0.0670. The minimum atomic E-state index is -0.171. The van der Waals surface area contributed by atoms with E-state index in [1.807, 2.05) is 0 Å². The largest absolute Gasteiger partial charge is 0.497 e. The van der Waals surface area contributed by atoms with Crippen LogP contribution in [0.3, 0.4) is 0 Å². The number of aliphatic imine (C=N–C) groups is 2. The molecule has 0 saturated carbocycles. The number of hydrogen-bond acceptors (Lipinski definition) is 5. The topological polar surface area (TPSA) is 156 Å². The van der Waals surface area contributed by atoms with E-state index in [2.05, 4.69) is 25.5 Å². The van der Waals surface area contributed by atoms with Crippen molar-refractivity contribution in [1.29, 1.82) is 0 Å². The molecule has 1 aromatic heterocycles. The van der Waals surface area contributed by atoms with Gasteiger partial charge in [0.1, 0.15) is 5.75 Å². The lowest BCUT2D eigenvalue weighted by atomic mass is 10.2. The molecule has 2 rings (SSSR count). The Morgan fingerprint density at radius 1 is 1.24 bits per heavy atom. The van der Waals surface area contributed by atoms with Crippen LogP contribution in [0.2, 0.25) is 0 Å². The second-order valence-electron chi connectivity index (χ2n) is 4.03. The highest BCUT2D eigenvalue weighted by molar-refractivity contribution is 5.93. The zero-order valence-corrected chi connectivity index (χ0v) is 11.6. The van der Waals surface area contributed by atoms with Crippen LogP contribution in [-0.4, -0.2) is 39.2 Å². The summed E-state index contributed by atoms with van der Waals surface area (Å²) >= 11 is 0. The highest BCUT2D eigenvalue weighted by Crippen LogP contribution is 2.25. The fourth-order valence-electron chi connectivity index (χ4n) is 1.63. The van der Waals surface area contributed by atoms with Crippen molar-refractivity contribution in [2.45, 2.75) is 6.92 Å². The predicted molar refractivity (Wildman–Crippen MR) is 77.5 cm³/mol. The molecule has 0 bridgehead atoms. The van der Waals surface area contributed by atoms with Crippen molar-refractivity contribution in [1.82, 2.24) is 20.2 Å². The van der Waals surface area contributed by atoms with E-state index in [-0.39, 0.29) is 11.9 Å². The summed E-state index contributed by atoms with van der Waals surface area (Å²) in [5.74, 6) is 0.951. The van der Waals surface area contributed by atoms with Crippen molar-refractivity contribution >= 4 is 17.6 Å². The predicted octanol–water partition coefficient (Wildman–Crippen LogP) is -0.801. The number of benzene rings is 1. The summed E-state index contributed by atoms with van der Waals surface area (Å²) in [4.78, 5) is 7.74. The number of guanidine groups is 2. The SMILES string of the molecule is COc1cc(N=C(N)N=C(N)N)cc(-n2nnnc2C)c1. The van der Waals surface area contributed by atoms with E-state index in [0.717, 1.165) is 0 Å². The number of rotatable bonds is 3. The summed E-state index contributed by atoms with van der Waals surface area (Å²) < 4.78 is 6.76. The van der Waals surface area contributed by atoms with Gasteiger partial charge in [-0.15, -0.1) is 5.10 Å². The van der Waals surface area contributed by atoms with E-state index in [9.17, 15) is 0 Å². The van der Waals surface area contributed by atoms with Gasteiger partial charge in [-0.2, -0.15) is 9.67 Å². The zero-order valence-electron chi connectivity index (χ0n) is 11.6. The lowest BCUT2D eigenvalue weighted by Gasteiger charge is -2.07. The van der Waals surface area contributed by atoms with Crippen LogP contribution in [-0.2, 0) is 0 Å². The number of aryl methyl sites for hydroxylation is 1. The Hall–Kier alpha value is -3.17. The van der Waals surface area contributed by atoms with Gasteiger partial charge in [-0.3, -0.25) is 0 Å². The lowest BCUT2D eigenvalue weighted by Crippen LogP contribution is -2.26. The number of ether oxygens (including phenoxy) is 1. The van der Waals surface area contributed by atoms with Gasteiger partial charge in [0.05, 0.1) is 18.5 Å². The van der Waals surface area contributed by atoms with Crippen molar-refractivity contribution < 1.29 is 4.74 Å². The number of nitrogens with zero attached hydrogens (tertiary/aromatic N) is 6. The molecule has 0 radical (unpaired) electrons. The van der Waals surface area contributed by atoms with Crippen LogP contribution in [0.1, 0.15) is 5.82 Å². The number of nitrogens with two attached hydrogens (primary N) is 3. The number of aromatic nitrogens is 4. The molecule has 0 aliphatic carbocycles. The molecule has 21 heavy (non-hydrogen) atoms. The van der Waals surface area contributed by atoms with Crippen molar-refractivity contribution in [3.05, 3.63) is 24.0 Å². The first-order valence-electron chi connectivity index (χ1n) is 5.88. The summed E-state index contributed by atoms with van der Waals surface area (Å²) in [6, 6.07) is 5.17. The van der Waals surface area contributed by atoms with Crippen molar-refractivity contribution in [3.8, 4) is 11.4 Å². The van der Waals surface area contributed by atoms with Gasteiger partial charge in [0.25, 0.3) is 0 Å². The fourth-order valence-corrected chi connectivity index (χ4v) is 1.63. The summed E-state index contributed by atoms with van der Waals surface area (Å²) in [5, 5.41) is 11.3. The van der Waals surface area contributed by atoms with Crippen molar-refractivity contribution in [3.63, 3.8) is 0 Å². The molecule has 10 nitrogen and oxygen atoms in total. The third kappa shape index (κ3) is 3.43. The maximum absolute atomic E-state index is 5.61. The van der Waals surface area contributed by atoms with E-state index in [1.54, 1.807) is 32.2 Å². The number of methoxy groups -OCH3 is 1. The second-order valence-corrected chi connectivity index (χ2v) is 4.03. The molecule has 0 aliphatic rings. The average molecular weight is 289 g/mol. The highest BCUT2D eigenvalue weighted by Gasteiger charge is 2.07. The monoisotopic (exact) mass is 289 g/mol.